The highest BCUT2D eigenvalue weighted by Gasteiger charge is 2.27. The van der Waals surface area contributed by atoms with Gasteiger partial charge in [-0.1, -0.05) is 24.6 Å². The van der Waals surface area contributed by atoms with Crippen LogP contribution in [0.3, 0.4) is 0 Å². The predicted octanol–water partition coefficient (Wildman–Crippen LogP) is 5.32. The summed E-state index contributed by atoms with van der Waals surface area (Å²) in [6.07, 6.45) is 7.51. The quantitative estimate of drug-likeness (QED) is 0.491. The van der Waals surface area contributed by atoms with Gasteiger partial charge in [0.1, 0.15) is 0 Å². The third kappa shape index (κ3) is 5.67. The second-order valence-corrected chi connectivity index (χ2v) is 10.3. The molecule has 0 spiro atoms. The summed E-state index contributed by atoms with van der Waals surface area (Å²) >= 11 is 0. The van der Waals surface area contributed by atoms with Crippen LogP contribution in [0.25, 0.3) is 0 Å². The normalized spacial score (nSPS) is 20.6. The van der Waals surface area contributed by atoms with Crippen molar-refractivity contribution in [2.24, 2.45) is 0 Å². The van der Waals surface area contributed by atoms with Gasteiger partial charge >= 0.3 is 6.03 Å². The van der Waals surface area contributed by atoms with Gasteiger partial charge in [-0.3, -0.25) is 4.79 Å². The summed E-state index contributed by atoms with van der Waals surface area (Å²) in [4.78, 5) is 28.0. The lowest BCUT2D eigenvalue weighted by atomic mass is 9.79. The van der Waals surface area contributed by atoms with Crippen molar-refractivity contribution in [1.29, 1.82) is 0 Å². The van der Waals surface area contributed by atoms with E-state index in [1.807, 2.05) is 30.1 Å². The van der Waals surface area contributed by atoms with Crippen molar-refractivity contribution < 1.29 is 14.3 Å². The van der Waals surface area contributed by atoms with E-state index in [-0.39, 0.29) is 18.0 Å². The fourth-order valence-corrected chi connectivity index (χ4v) is 5.57. The van der Waals surface area contributed by atoms with Crippen molar-refractivity contribution in [2.45, 2.75) is 62.9 Å². The first-order valence-electron chi connectivity index (χ1n) is 13.5. The Morgan fingerprint density at radius 3 is 2.36 bits per heavy atom. The van der Waals surface area contributed by atoms with Gasteiger partial charge in [-0.2, -0.15) is 0 Å². The van der Waals surface area contributed by atoms with E-state index in [2.05, 4.69) is 40.2 Å². The molecule has 0 bridgehead atoms. The van der Waals surface area contributed by atoms with E-state index in [9.17, 15) is 9.59 Å². The van der Waals surface area contributed by atoms with Crippen molar-refractivity contribution in [3.8, 4) is 0 Å². The number of amides is 3. The molecular formula is C29H38N4O3. The number of nitrogens with zero attached hydrogens (tertiary/aromatic N) is 1. The first-order chi connectivity index (χ1) is 17.6. The molecule has 3 amide bonds. The van der Waals surface area contributed by atoms with Gasteiger partial charge in [0.15, 0.2) is 0 Å². The summed E-state index contributed by atoms with van der Waals surface area (Å²) < 4.78 is 5.61. The van der Waals surface area contributed by atoms with Gasteiger partial charge in [-0.25, -0.2) is 4.79 Å². The Labute approximate surface area is 214 Å². The monoisotopic (exact) mass is 490 g/mol. The number of carbonyl (C=O) groups is 2. The second-order valence-electron chi connectivity index (χ2n) is 10.3. The lowest BCUT2D eigenvalue weighted by molar-refractivity contribution is 0.0713. The van der Waals surface area contributed by atoms with E-state index < -0.39 is 0 Å². The number of likely N-dealkylation sites (tertiary alicyclic amines) is 1. The Balaban J connectivity index is 1.22. The van der Waals surface area contributed by atoms with Crippen LogP contribution in [0.1, 0.15) is 78.3 Å². The van der Waals surface area contributed by atoms with Gasteiger partial charge in [-0.15, -0.1) is 0 Å². The molecule has 2 aromatic carbocycles. The minimum atomic E-state index is -0.235. The molecule has 3 fully saturated rings. The molecule has 192 valence electrons. The standard InChI is InChI=1S/C29H38N4O3/c1-30-24-10-7-20(8-11-24)21-13-15-33(16-14-21)28(34)23-9-12-26(22-4-2-5-22)27(18-23)32-29(35)31-19-25-6-3-17-36-25/h7-12,18,21-22,25,30H,2-6,13-17,19H2,1H3,(H2,31,32,35)/t25-/m1/s1. The Hall–Kier alpha value is -3.06. The highest BCUT2D eigenvalue weighted by molar-refractivity contribution is 5.97. The summed E-state index contributed by atoms with van der Waals surface area (Å²) in [5, 5.41) is 9.14. The molecule has 1 atom stereocenters. The molecule has 0 radical (unpaired) electrons. The predicted molar refractivity (Wildman–Crippen MR) is 143 cm³/mol. The Kier molecular flexibility index (Phi) is 7.75. The zero-order chi connectivity index (χ0) is 24.9. The number of benzene rings is 2. The average molecular weight is 491 g/mol. The average Bonchev–Trinajstić information content (AvgIpc) is 3.41. The van der Waals surface area contributed by atoms with E-state index in [0.717, 1.165) is 75.2 Å². The lowest BCUT2D eigenvalue weighted by Crippen LogP contribution is -2.38. The lowest BCUT2D eigenvalue weighted by Gasteiger charge is -2.33. The number of anilines is 2. The van der Waals surface area contributed by atoms with E-state index in [1.165, 1.54) is 12.0 Å². The highest BCUT2D eigenvalue weighted by atomic mass is 16.5. The molecular weight excluding hydrogens is 452 g/mol. The Morgan fingerprint density at radius 1 is 0.944 bits per heavy atom. The molecule has 2 saturated heterocycles. The van der Waals surface area contributed by atoms with Crippen LogP contribution in [-0.2, 0) is 4.74 Å². The second kappa shape index (κ2) is 11.3. The number of ether oxygens (including phenoxy) is 1. The Morgan fingerprint density at radius 2 is 1.72 bits per heavy atom. The van der Waals surface area contributed by atoms with Crippen LogP contribution in [0.4, 0.5) is 16.2 Å². The van der Waals surface area contributed by atoms with Crippen molar-refractivity contribution in [3.05, 3.63) is 59.2 Å². The fourth-order valence-electron chi connectivity index (χ4n) is 5.57. The van der Waals surface area contributed by atoms with Gasteiger partial charge in [0, 0.05) is 50.2 Å². The van der Waals surface area contributed by atoms with E-state index in [4.69, 9.17) is 4.74 Å². The number of urea groups is 1. The van der Waals surface area contributed by atoms with Crippen LogP contribution in [0.5, 0.6) is 0 Å². The molecule has 7 nitrogen and oxygen atoms in total. The van der Waals surface area contributed by atoms with Crippen molar-refractivity contribution >= 4 is 23.3 Å². The fraction of sp³-hybridized carbons (Fsp3) is 0.517. The van der Waals surface area contributed by atoms with Crippen LogP contribution in [-0.4, -0.2) is 56.2 Å². The maximum atomic E-state index is 13.4. The molecule has 3 N–H and O–H groups in total. The smallest absolute Gasteiger partial charge is 0.319 e. The van der Waals surface area contributed by atoms with Gasteiger partial charge in [0.25, 0.3) is 5.91 Å². The summed E-state index contributed by atoms with van der Waals surface area (Å²) in [5.41, 5.74) is 4.99. The largest absolute Gasteiger partial charge is 0.388 e. The van der Waals surface area contributed by atoms with Crippen LogP contribution in [0, 0.1) is 0 Å². The number of piperidine rings is 1. The first kappa shape index (κ1) is 24.6. The number of hydrogen-bond acceptors (Lipinski definition) is 4. The molecule has 2 aromatic rings. The van der Waals surface area contributed by atoms with Gasteiger partial charge in [0.05, 0.1) is 6.10 Å². The van der Waals surface area contributed by atoms with Crippen molar-refractivity contribution in [3.63, 3.8) is 0 Å². The molecule has 2 aliphatic heterocycles. The number of rotatable bonds is 7. The molecule has 36 heavy (non-hydrogen) atoms. The Bertz CT molecular complexity index is 1050. The third-order valence-electron chi connectivity index (χ3n) is 8.06. The summed E-state index contributed by atoms with van der Waals surface area (Å²) in [7, 11) is 1.93. The molecule has 0 aromatic heterocycles. The van der Waals surface area contributed by atoms with Crippen LogP contribution < -0.4 is 16.0 Å². The molecule has 2 heterocycles. The molecule has 5 rings (SSSR count). The van der Waals surface area contributed by atoms with Gasteiger partial charge < -0.3 is 25.6 Å². The van der Waals surface area contributed by atoms with Crippen molar-refractivity contribution in [1.82, 2.24) is 10.2 Å². The zero-order valence-corrected chi connectivity index (χ0v) is 21.2. The maximum Gasteiger partial charge on any atom is 0.319 e. The number of carbonyl (C=O) groups excluding carboxylic acids is 2. The number of nitrogens with one attached hydrogen (secondary N) is 3. The number of hydrogen-bond donors (Lipinski definition) is 3. The minimum Gasteiger partial charge on any atom is -0.388 e. The van der Waals surface area contributed by atoms with E-state index in [0.29, 0.717) is 23.9 Å². The molecule has 7 heteroatoms. The van der Waals surface area contributed by atoms with Crippen LogP contribution in [0.2, 0.25) is 0 Å². The van der Waals surface area contributed by atoms with E-state index >= 15 is 0 Å². The molecule has 3 aliphatic rings. The van der Waals surface area contributed by atoms with E-state index in [1.54, 1.807) is 0 Å². The highest BCUT2D eigenvalue weighted by Crippen LogP contribution is 2.40. The summed E-state index contributed by atoms with van der Waals surface area (Å²) in [6, 6.07) is 14.2. The van der Waals surface area contributed by atoms with Gasteiger partial charge in [0.2, 0.25) is 0 Å². The van der Waals surface area contributed by atoms with Gasteiger partial charge in [-0.05, 0) is 85.8 Å². The zero-order valence-electron chi connectivity index (χ0n) is 21.2. The maximum absolute atomic E-state index is 13.4. The topological polar surface area (TPSA) is 82.7 Å². The van der Waals surface area contributed by atoms with Crippen molar-refractivity contribution in [2.75, 3.05) is 43.9 Å². The SMILES string of the molecule is CNc1ccc(C2CCN(C(=O)c3ccc(C4CCC4)c(NC(=O)NC[C@H]4CCCO4)c3)CC2)cc1. The third-order valence-corrected chi connectivity index (χ3v) is 8.06. The summed E-state index contributed by atoms with van der Waals surface area (Å²) in [6.45, 7) is 2.76. The first-order valence-corrected chi connectivity index (χ1v) is 13.5. The molecule has 0 unspecified atom stereocenters. The summed E-state index contributed by atoms with van der Waals surface area (Å²) in [5.74, 6) is 0.973. The minimum absolute atomic E-state index is 0.0435. The molecule has 1 aliphatic carbocycles. The van der Waals surface area contributed by atoms with Crippen LogP contribution in [0.15, 0.2) is 42.5 Å². The molecule has 1 saturated carbocycles. The van der Waals surface area contributed by atoms with Crippen LogP contribution >= 0.6 is 0 Å².